The first-order valence-electron chi connectivity index (χ1n) is 12.0. The van der Waals surface area contributed by atoms with Crippen molar-refractivity contribution in [3.8, 4) is 0 Å². The van der Waals surface area contributed by atoms with E-state index in [9.17, 15) is 0 Å². The quantitative estimate of drug-likeness (QED) is 0.326. The van der Waals surface area contributed by atoms with Crippen molar-refractivity contribution in [2.24, 2.45) is 5.92 Å². The fourth-order valence-corrected chi connectivity index (χ4v) is 3.80. The van der Waals surface area contributed by atoms with Gasteiger partial charge < -0.3 is 10.2 Å². The van der Waals surface area contributed by atoms with Crippen LogP contribution in [0.5, 0.6) is 0 Å². The van der Waals surface area contributed by atoms with Gasteiger partial charge in [0.15, 0.2) is 0 Å². The van der Waals surface area contributed by atoms with Crippen LogP contribution in [-0.4, -0.2) is 23.4 Å². The molecule has 0 saturated carbocycles. The second kappa shape index (κ2) is 14.6. The monoisotopic (exact) mass is 432 g/mol. The lowest BCUT2D eigenvalue weighted by atomic mass is 9.98. The molecule has 2 rings (SSSR count). The molecule has 2 N–H and O–H groups in total. The van der Waals surface area contributed by atoms with E-state index in [1.807, 2.05) is 0 Å². The van der Waals surface area contributed by atoms with Crippen LogP contribution in [0.15, 0.2) is 78.9 Å². The Balaban J connectivity index is 1.81. The number of rotatable bonds is 14. The average Bonchev–Trinajstić information content (AvgIpc) is 2.83. The van der Waals surface area contributed by atoms with Gasteiger partial charge in [0.05, 0.1) is 0 Å². The maximum absolute atomic E-state index is 9.16. The van der Waals surface area contributed by atoms with Crippen molar-refractivity contribution in [1.82, 2.24) is 0 Å². The largest absolute Gasteiger partial charge is 0.396 e. The standard InChI is InChI=1S/C30H40O2/c1-4-7-26-18-20-30(21-19-26)24(3)10-11-25(5-2)12-13-28-16-14-27(15-17-28)8-6-9-29(22-31)23-32/h5,10-11,14-21,29,31-32H,3-4,6-9,12-13,22-23H2,1-2H3. The van der Waals surface area contributed by atoms with Crippen LogP contribution in [-0.2, 0) is 19.3 Å². The number of hydrogen-bond donors (Lipinski definition) is 2. The van der Waals surface area contributed by atoms with Gasteiger partial charge in [0.25, 0.3) is 0 Å². The highest BCUT2D eigenvalue weighted by Crippen LogP contribution is 2.19. The Morgan fingerprint density at radius 3 is 1.97 bits per heavy atom. The van der Waals surface area contributed by atoms with Crippen LogP contribution < -0.4 is 0 Å². The molecule has 0 amide bonds. The average molecular weight is 433 g/mol. The van der Waals surface area contributed by atoms with Crippen molar-refractivity contribution in [3.05, 3.63) is 101 Å². The fourth-order valence-electron chi connectivity index (χ4n) is 3.80. The van der Waals surface area contributed by atoms with Crippen molar-refractivity contribution < 1.29 is 10.2 Å². The molecule has 32 heavy (non-hydrogen) atoms. The summed E-state index contributed by atoms with van der Waals surface area (Å²) in [4.78, 5) is 0. The minimum Gasteiger partial charge on any atom is -0.396 e. The lowest BCUT2D eigenvalue weighted by Crippen LogP contribution is -2.10. The molecule has 0 spiro atoms. The van der Waals surface area contributed by atoms with Crippen molar-refractivity contribution in [1.29, 1.82) is 0 Å². The molecule has 0 unspecified atom stereocenters. The summed E-state index contributed by atoms with van der Waals surface area (Å²) in [6.45, 7) is 8.67. The number of allylic oxidation sites excluding steroid dienone is 5. The van der Waals surface area contributed by atoms with Crippen LogP contribution >= 0.6 is 0 Å². The Hall–Kier alpha value is -2.42. The van der Waals surface area contributed by atoms with Crippen LogP contribution in [0.2, 0.25) is 0 Å². The summed E-state index contributed by atoms with van der Waals surface area (Å²) >= 11 is 0. The smallest absolute Gasteiger partial charge is 0.0481 e. The SMILES string of the molecule is C=C(C=CC(=CC)CCc1ccc(CCCC(CO)CO)cc1)c1ccc(CCC)cc1. The van der Waals surface area contributed by atoms with Crippen LogP contribution in [0.25, 0.3) is 5.57 Å². The van der Waals surface area contributed by atoms with Gasteiger partial charge in [-0.15, -0.1) is 0 Å². The highest BCUT2D eigenvalue weighted by molar-refractivity contribution is 5.72. The zero-order valence-corrected chi connectivity index (χ0v) is 19.9. The molecule has 2 heteroatoms. The number of benzene rings is 2. The molecular weight excluding hydrogens is 392 g/mol. The third-order valence-corrected chi connectivity index (χ3v) is 6.05. The van der Waals surface area contributed by atoms with Crippen LogP contribution in [0.4, 0.5) is 0 Å². The second-order valence-electron chi connectivity index (χ2n) is 8.61. The van der Waals surface area contributed by atoms with Gasteiger partial charge in [0, 0.05) is 19.1 Å². The normalized spacial score (nSPS) is 12.1. The third-order valence-electron chi connectivity index (χ3n) is 6.05. The summed E-state index contributed by atoms with van der Waals surface area (Å²) in [5.74, 6) is 0.0121. The van der Waals surface area contributed by atoms with Crippen molar-refractivity contribution in [2.75, 3.05) is 13.2 Å². The first-order chi connectivity index (χ1) is 15.6. The second-order valence-corrected chi connectivity index (χ2v) is 8.61. The number of hydrogen-bond acceptors (Lipinski definition) is 2. The molecule has 2 aromatic rings. The minimum atomic E-state index is 0.0121. The van der Waals surface area contributed by atoms with E-state index in [1.54, 1.807) is 0 Å². The summed E-state index contributed by atoms with van der Waals surface area (Å²) in [6.07, 6.45) is 13.6. The van der Waals surface area contributed by atoms with Crippen molar-refractivity contribution in [3.63, 3.8) is 0 Å². The van der Waals surface area contributed by atoms with Crippen LogP contribution in [0.1, 0.15) is 61.8 Å². The van der Waals surface area contributed by atoms with E-state index in [-0.39, 0.29) is 19.1 Å². The van der Waals surface area contributed by atoms with Gasteiger partial charge in [-0.1, -0.05) is 92.3 Å². The lowest BCUT2D eigenvalue weighted by Gasteiger charge is -2.10. The lowest BCUT2D eigenvalue weighted by molar-refractivity contribution is 0.142. The fraction of sp³-hybridized carbons (Fsp3) is 0.400. The first-order valence-corrected chi connectivity index (χ1v) is 12.0. The van der Waals surface area contributed by atoms with Crippen molar-refractivity contribution in [2.45, 2.75) is 58.8 Å². The van der Waals surface area contributed by atoms with Gasteiger partial charge in [-0.2, -0.15) is 0 Å². The molecule has 0 aliphatic heterocycles. The predicted octanol–water partition coefficient (Wildman–Crippen LogP) is 6.71. The summed E-state index contributed by atoms with van der Waals surface area (Å²) in [6, 6.07) is 17.6. The molecule has 0 atom stereocenters. The van der Waals surface area contributed by atoms with Gasteiger partial charge in [-0.05, 0) is 73.3 Å². The molecule has 0 heterocycles. The van der Waals surface area contributed by atoms with Gasteiger partial charge in [-0.25, -0.2) is 0 Å². The minimum absolute atomic E-state index is 0.0121. The molecule has 2 aromatic carbocycles. The maximum atomic E-state index is 9.16. The Morgan fingerprint density at radius 2 is 1.41 bits per heavy atom. The van der Waals surface area contributed by atoms with Gasteiger partial charge in [-0.3, -0.25) is 0 Å². The van der Waals surface area contributed by atoms with Gasteiger partial charge in [0.1, 0.15) is 0 Å². The number of aliphatic hydroxyl groups is 2. The van der Waals surface area contributed by atoms with E-state index < -0.39 is 0 Å². The highest BCUT2D eigenvalue weighted by atomic mass is 16.3. The van der Waals surface area contributed by atoms with E-state index in [1.165, 1.54) is 34.2 Å². The topological polar surface area (TPSA) is 40.5 Å². The van der Waals surface area contributed by atoms with Gasteiger partial charge >= 0.3 is 0 Å². The Labute approximate surface area is 195 Å². The molecule has 0 fully saturated rings. The van der Waals surface area contributed by atoms with E-state index in [4.69, 9.17) is 10.2 Å². The maximum Gasteiger partial charge on any atom is 0.0481 e. The first kappa shape index (κ1) is 25.8. The summed E-state index contributed by atoms with van der Waals surface area (Å²) in [5, 5.41) is 18.3. The third kappa shape index (κ3) is 8.98. The molecule has 0 aliphatic carbocycles. The van der Waals surface area contributed by atoms with E-state index in [2.05, 4.69) is 87.2 Å². The Morgan fingerprint density at radius 1 is 0.844 bits per heavy atom. The molecule has 0 saturated heterocycles. The Kier molecular flexibility index (Phi) is 11.8. The highest BCUT2D eigenvalue weighted by Gasteiger charge is 2.05. The summed E-state index contributed by atoms with van der Waals surface area (Å²) in [5.41, 5.74) is 7.58. The molecule has 0 radical (unpaired) electrons. The van der Waals surface area contributed by atoms with E-state index in [0.29, 0.717) is 0 Å². The molecule has 0 aromatic heterocycles. The molecule has 0 bridgehead atoms. The zero-order valence-electron chi connectivity index (χ0n) is 19.9. The van der Waals surface area contributed by atoms with Gasteiger partial charge in [0.2, 0.25) is 0 Å². The zero-order chi connectivity index (χ0) is 23.2. The molecule has 2 nitrogen and oxygen atoms in total. The number of aryl methyl sites for hydroxylation is 3. The van der Waals surface area contributed by atoms with Crippen molar-refractivity contribution >= 4 is 5.57 Å². The summed E-state index contributed by atoms with van der Waals surface area (Å²) in [7, 11) is 0. The molecule has 0 aliphatic rings. The predicted molar refractivity (Wildman–Crippen MR) is 138 cm³/mol. The number of aliphatic hydroxyl groups excluding tert-OH is 2. The molecular formula is C30H40O2. The van der Waals surface area contributed by atoms with E-state index in [0.717, 1.165) is 44.1 Å². The van der Waals surface area contributed by atoms with E-state index >= 15 is 0 Å². The summed E-state index contributed by atoms with van der Waals surface area (Å²) < 4.78 is 0. The van der Waals surface area contributed by atoms with Crippen LogP contribution in [0.3, 0.4) is 0 Å². The molecule has 172 valence electrons. The Bertz CT molecular complexity index is 853. The van der Waals surface area contributed by atoms with Crippen LogP contribution in [0, 0.1) is 5.92 Å².